The Morgan fingerprint density at radius 3 is 1.58 bits per heavy atom. The van der Waals surface area contributed by atoms with Crippen LogP contribution in [0, 0.1) is 0 Å². The summed E-state index contributed by atoms with van der Waals surface area (Å²) in [4.78, 5) is 1.38. The number of thiophene rings is 1. The maximum Gasteiger partial charge on any atom is 0.0892 e. The van der Waals surface area contributed by atoms with Gasteiger partial charge in [-0.15, -0.1) is 11.3 Å². The SMILES string of the molecule is CCCCCCc1ccc(CCCCCC)c(N=Nc2cc(CCCCCC)c(-c3cccs3)cc2CCCCCC)c1. The van der Waals surface area contributed by atoms with Gasteiger partial charge < -0.3 is 0 Å². The molecule has 0 saturated heterocycles. The Balaban J connectivity index is 1.96. The van der Waals surface area contributed by atoms with Gasteiger partial charge in [0.05, 0.1) is 11.4 Å². The lowest BCUT2D eigenvalue weighted by atomic mass is 9.94. The van der Waals surface area contributed by atoms with Crippen LogP contribution in [0.5, 0.6) is 0 Å². The van der Waals surface area contributed by atoms with Gasteiger partial charge in [0.2, 0.25) is 0 Å². The van der Waals surface area contributed by atoms with Crippen LogP contribution in [0.25, 0.3) is 10.4 Å². The summed E-state index contributed by atoms with van der Waals surface area (Å²) in [7, 11) is 0. The molecule has 0 unspecified atom stereocenters. The lowest BCUT2D eigenvalue weighted by molar-refractivity contribution is 0.663. The molecular formula is C40H60N2S. The number of nitrogens with zero attached hydrogens (tertiary/aromatic N) is 2. The molecule has 0 spiro atoms. The summed E-state index contributed by atoms with van der Waals surface area (Å²) in [5.41, 5.74) is 9.17. The van der Waals surface area contributed by atoms with Crippen molar-refractivity contribution < 1.29 is 0 Å². The molecule has 1 aromatic heterocycles. The quantitative estimate of drug-likeness (QED) is 0.0764. The Bertz CT molecular complexity index is 1180. The topological polar surface area (TPSA) is 24.7 Å². The van der Waals surface area contributed by atoms with E-state index in [4.69, 9.17) is 10.2 Å². The molecule has 0 amide bonds. The Labute approximate surface area is 268 Å². The van der Waals surface area contributed by atoms with Crippen LogP contribution in [0.3, 0.4) is 0 Å². The average molecular weight is 601 g/mol. The number of unbranched alkanes of at least 4 members (excludes halogenated alkanes) is 12. The van der Waals surface area contributed by atoms with Crippen LogP contribution in [0.1, 0.15) is 153 Å². The van der Waals surface area contributed by atoms with E-state index < -0.39 is 0 Å². The van der Waals surface area contributed by atoms with Crippen LogP contribution in [-0.4, -0.2) is 0 Å². The summed E-state index contributed by atoms with van der Waals surface area (Å²) in [5, 5.41) is 12.4. The largest absolute Gasteiger partial charge is 0.150 e. The predicted molar refractivity (Wildman–Crippen MR) is 192 cm³/mol. The lowest BCUT2D eigenvalue weighted by Gasteiger charge is -2.14. The zero-order chi connectivity index (χ0) is 30.5. The van der Waals surface area contributed by atoms with Crippen LogP contribution < -0.4 is 0 Å². The Hall–Kier alpha value is -2.26. The van der Waals surface area contributed by atoms with E-state index in [2.05, 4.69) is 75.5 Å². The molecule has 43 heavy (non-hydrogen) atoms. The van der Waals surface area contributed by atoms with Crippen LogP contribution in [0.2, 0.25) is 0 Å². The molecule has 0 bridgehead atoms. The third-order valence-electron chi connectivity index (χ3n) is 8.72. The fraction of sp³-hybridized carbons (Fsp3) is 0.600. The Morgan fingerprint density at radius 1 is 0.488 bits per heavy atom. The lowest BCUT2D eigenvalue weighted by Crippen LogP contribution is -1.95. The van der Waals surface area contributed by atoms with Gasteiger partial charge in [-0.05, 0) is 109 Å². The molecule has 1 heterocycles. The molecule has 3 heteroatoms. The molecule has 3 rings (SSSR count). The van der Waals surface area contributed by atoms with Crippen molar-refractivity contribution in [3.05, 3.63) is 70.1 Å². The minimum absolute atomic E-state index is 1.07. The molecule has 0 N–H and O–H groups in total. The van der Waals surface area contributed by atoms with Gasteiger partial charge in [0, 0.05) is 4.88 Å². The molecule has 3 aromatic rings. The van der Waals surface area contributed by atoms with Gasteiger partial charge in [-0.1, -0.05) is 123 Å². The van der Waals surface area contributed by atoms with E-state index in [1.807, 2.05) is 11.3 Å². The van der Waals surface area contributed by atoms with Gasteiger partial charge in [-0.3, -0.25) is 0 Å². The van der Waals surface area contributed by atoms with Gasteiger partial charge >= 0.3 is 0 Å². The molecule has 2 nitrogen and oxygen atoms in total. The summed E-state index contributed by atoms with van der Waals surface area (Å²) in [6.07, 6.45) is 24.9. The van der Waals surface area contributed by atoms with Crippen molar-refractivity contribution >= 4 is 22.7 Å². The number of hydrogen-bond acceptors (Lipinski definition) is 3. The van der Waals surface area contributed by atoms with Crippen molar-refractivity contribution in [3.8, 4) is 10.4 Å². The molecule has 236 valence electrons. The maximum absolute atomic E-state index is 5.09. The highest BCUT2D eigenvalue weighted by molar-refractivity contribution is 7.13. The van der Waals surface area contributed by atoms with Crippen molar-refractivity contribution in [2.75, 3.05) is 0 Å². The first-order valence-corrected chi connectivity index (χ1v) is 18.8. The fourth-order valence-electron chi connectivity index (χ4n) is 6.00. The third kappa shape index (κ3) is 12.7. The molecule has 2 aromatic carbocycles. The molecule has 0 radical (unpaired) electrons. The van der Waals surface area contributed by atoms with E-state index in [0.29, 0.717) is 0 Å². The smallest absolute Gasteiger partial charge is 0.0892 e. The first kappa shape index (κ1) is 35.2. The second-order valence-electron chi connectivity index (χ2n) is 12.5. The molecule has 0 fully saturated rings. The minimum Gasteiger partial charge on any atom is -0.150 e. The van der Waals surface area contributed by atoms with Crippen LogP contribution in [0.4, 0.5) is 11.4 Å². The Kier molecular flexibility index (Phi) is 17.6. The summed E-state index contributed by atoms with van der Waals surface area (Å²) in [5.74, 6) is 0. The molecule has 0 aliphatic heterocycles. The van der Waals surface area contributed by atoms with E-state index in [9.17, 15) is 0 Å². The van der Waals surface area contributed by atoms with E-state index in [1.54, 1.807) is 0 Å². The molecule has 0 aliphatic rings. The highest BCUT2D eigenvalue weighted by atomic mass is 32.1. The van der Waals surface area contributed by atoms with E-state index in [1.165, 1.54) is 135 Å². The summed E-state index contributed by atoms with van der Waals surface area (Å²) >= 11 is 1.86. The first-order valence-electron chi connectivity index (χ1n) is 17.9. The molecule has 0 atom stereocenters. The van der Waals surface area contributed by atoms with Gasteiger partial charge in [-0.25, -0.2) is 0 Å². The normalized spacial score (nSPS) is 11.6. The number of aryl methyl sites for hydroxylation is 4. The van der Waals surface area contributed by atoms with Crippen LogP contribution >= 0.6 is 11.3 Å². The van der Waals surface area contributed by atoms with E-state index >= 15 is 0 Å². The van der Waals surface area contributed by atoms with Crippen molar-refractivity contribution in [1.82, 2.24) is 0 Å². The molecule has 0 aliphatic carbocycles. The zero-order valence-corrected chi connectivity index (χ0v) is 28.9. The minimum atomic E-state index is 1.07. The van der Waals surface area contributed by atoms with Crippen molar-refractivity contribution in [2.45, 2.75) is 156 Å². The molecule has 0 saturated carbocycles. The number of azo groups is 1. The monoisotopic (exact) mass is 600 g/mol. The van der Waals surface area contributed by atoms with Gasteiger partial charge in [-0.2, -0.15) is 10.2 Å². The number of hydrogen-bond donors (Lipinski definition) is 0. The maximum atomic E-state index is 5.09. The third-order valence-corrected chi connectivity index (χ3v) is 9.63. The Morgan fingerprint density at radius 2 is 1.02 bits per heavy atom. The first-order chi connectivity index (χ1) is 21.2. The van der Waals surface area contributed by atoms with Gasteiger partial charge in [0.1, 0.15) is 0 Å². The second kappa shape index (κ2) is 21.4. The highest BCUT2D eigenvalue weighted by Crippen LogP contribution is 2.37. The van der Waals surface area contributed by atoms with E-state index in [0.717, 1.165) is 37.1 Å². The highest BCUT2D eigenvalue weighted by Gasteiger charge is 2.14. The van der Waals surface area contributed by atoms with Gasteiger partial charge in [0.25, 0.3) is 0 Å². The number of rotatable bonds is 23. The summed E-state index contributed by atoms with van der Waals surface area (Å²) < 4.78 is 0. The van der Waals surface area contributed by atoms with Crippen molar-refractivity contribution in [1.29, 1.82) is 0 Å². The van der Waals surface area contributed by atoms with Crippen molar-refractivity contribution in [2.24, 2.45) is 10.2 Å². The van der Waals surface area contributed by atoms with E-state index in [-0.39, 0.29) is 0 Å². The van der Waals surface area contributed by atoms with Crippen molar-refractivity contribution in [3.63, 3.8) is 0 Å². The summed E-state index contributed by atoms with van der Waals surface area (Å²) in [6, 6.07) is 16.4. The fourth-order valence-corrected chi connectivity index (χ4v) is 6.78. The summed E-state index contributed by atoms with van der Waals surface area (Å²) in [6.45, 7) is 9.16. The number of benzene rings is 2. The predicted octanol–water partition coefficient (Wildman–Crippen LogP) is 14.3. The molecular weight excluding hydrogens is 541 g/mol. The zero-order valence-electron chi connectivity index (χ0n) is 28.1. The average Bonchev–Trinajstić information content (AvgIpc) is 3.57. The van der Waals surface area contributed by atoms with Crippen LogP contribution in [0.15, 0.2) is 58.1 Å². The standard InChI is InChI=1S/C40H60N2S/c1-5-9-13-17-22-33-27-28-34(23-18-14-10-6-2)38(30-33)41-42-39-32-35(24-19-15-11-7-3)37(40-26-21-29-43-40)31-36(39)25-20-16-12-8-4/h21,26-32H,5-20,22-25H2,1-4H3. The second-order valence-corrected chi connectivity index (χ2v) is 13.5. The van der Waals surface area contributed by atoms with Gasteiger partial charge in [0.15, 0.2) is 0 Å². The van der Waals surface area contributed by atoms with Crippen LogP contribution in [-0.2, 0) is 25.7 Å².